The lowest BCUT2D eigenvalue weighted by molar-refractivity contribution is -0.384. The monoisotopic (exact) mass is 288 g/mol. The second-order valence-corrected chi connectivity index (χ2v) is 4.42. The fourth-order valence-electron chi connectivity index (χ4n) is 1.92. The van der Waals surface area contributed by atoms with Crippen LogP contribution in [-0.4, -0.2) is 23.6 Å². The fourth-order valence-corrected chi connectivity index (χ4v) is 1.92. The van der Waals surface area contributed by atoms with Crippen molar-refractivity contribution in [2.45, 2.75) is 6.42 Å². The SMILES string of the molecule is COCCc1ccccc1Nc1cc([N+](=O)[O-])cc(N)n1. The van der Waals surface area contributed by atoms with E-state index in [0.717, 1.165) is 17.7 Å². The minimum absolute atomic E-state index is 0.0978. The lowest BCUT2D eigenvalue weighted by atomic mass is 10.1. The molecule has 21 heavy (non-hydrogen) atoms. The molecular formula is C14H16N4O3. The van der Waals surface area contributed by atoms with Crippen molar-refractivity contribution in [1.82, 2.24) is 4.98 Å². The number of methoxy groups -OCH3 is 1. The Morgan fingerprint density at radius 1 is 1.38 bits per heavy atom. The fraction of sp³-hybridized carbons (Fsp3) is 0.214. The first-order valence-corrected chi connectivity index (χ1v) is 6.36. The topological polar surface area (TPSA) is 103 Å². The maximum absolute atomic E-state index is 10.8. The van der Waals surface area contributed by atoms with Crippen LogP contribution in [0.3, 0.4) is 0 Å². The van der Waals surface area contributed by atoms with Gasteiger partial charge in [-0.05, 0) is 18.1 Å². The summed E-state index contributed by atoms with van der Waals surface area (Å²) in [5.74, 6) is 0.438. The van der Waals surface area contributed by atoms with Crippen LogP contribution in [0.1, 0.15) is 5.56 Å². The molecule has 7 heteroatoms. The number of nitrogen functional groups attached to an aromatic ring is 1. The molecule has 1 aromatic heterocycles. The van der Waals surface area contributed by atoms with Gasteiger partial charge in [0.1, 0.15) is 11.6 Å². The van der Waals surface area contributed by atoms with E-state index in [1.165, 1.54) is 12.1 Å². The molecule has 0 aliphatic heterocycles. The van der Waals surface area contributed by atoms with E-state index in [9.17, 15) is 10.1 Å². The summed E-state index contributed by atoms with van der Waals surface area (Å²) in [6, 6.07) is 10.2. The number of benzene rings is 1. The van der Waals surface area contributed by atoms with Gasteiger partial charge in [0.2, 0.25) is 0 Å². The molecule has 1 heterocycles. The minimum atomic E-state index is -0.500. The summed E-state index contributed by atoms with van der Waals surface area (Å²) in [6.45, 7) is 0.587. The third kappa shape index (κ3) is 3.90. The first-order chi connectivity index (χ1) is 10.1. The van der Waals surface area contributed by atoms with Crippen LogP contribution in [0.2, 0.25) is 0 Å². The Labute approximate surface area is 121 Å². The molecule has 2 rings (SSSR count). The standard InChI is InChI=1S/C14H16N4O3/c1-21-7-6-10-4-2-3-5-12(10)16-14-9-11(18(19)20)8-13(15)17-14/h2-5,8-9H,6-7H2,1H3,(H3,15,16,17). The van der Waals surface area contributed by atoms with Gasteiger partial charge in [0.15, 0.2) is 0 Å². The predicted octanol–water partition coefficient (Wildman–Crippen LogP) is 2.50. The normalized spacial score (nSPS) is 10.3. The van der Waals surface area contributed by atoms with Gasteiger partial charge in [-0.3, -0.25) is 10.1 Å². The molecule has 7 nitrogen and oxygen atoms in total. The van der Waals surface area contributed by atoms with Crippen molar-refractivity contribution in [2.24, 2.45) is 0 Å². The highest BCUT2D eigenvalue weighted by Crippen LogP contribution is 2.24. The highest BCUT2D eigenvalue weighted by atomic mass is 16.6. The van der Waals surface area contributed by atoms with Crippen LogP contribution in [-0.2, 0) is 11.2 Å². The molecule has 0 radical (unpaired) electrons. The number of ether oxygens (including phenoxy) is 1. The molecule has 0 saturated heterocycles. The van der Waals surface area contributed by atoms with Crippen molar-refractivity contribution in [3.8, 4) is 0 Å². The lowest BCUT2D eigenvalue weighted by Gasteiger charge is -2.11. The Morgan fingerprint density at radius 2 is 2.14 bits per heavy atom. The summed E-state index contributed by atoms with van der Waals surface area (Å²) in [5.41, 5.74) is 7.35. The van der Waals surface area contributed by atoms with Gasteiger partial charge >= 0.3 is 0 Å². The largest absolute Gasteiger partial charge is 0.384 e. The Balaban J connectivity index is 2.27. The molecule has 0 saturated carbocycles. The van der Waals surface area contributed by atoms with Gasteiger partial charge in [-0.2, -0.15) is 0 Å². The highest BCUT2D eigenvalue weighted by molar-refractivity contribution is 5.64. The van der Waals surface area contributed by atoms with Gasteiger partial charge in [-0.15, -0.1) is 0 Å². The Kier molecular flexibility index (Phi) is 4.68. The zero-order valence-electron chi connectivity index (χ0n) is 11.6. The number of pyridine rings is 1. The smallest absolute Gasteiger partial charge is 0.276 e. The van der Waals surface area contributed by atoms with Crippen LogP contribution >= 0.6 is 0 Å². The average molecular weight is 288 g/mol. The van der Waals surface area contributed by atoms with Crippen LogP contribution in [0.25, 0.3) is 0 Å². The van der Waals surface area contributed by atoms with Crippen molar-refractivity contribution in [3.05, 3.63) is 52.1 Å². The minimum Gasteiger partial charge on any atom is -0.384 e. The molecule has 0 bridgehead atoms. The second kappa shape index (κ2) is 6.67. The third-order valence-electron chi connectivity index (χ3n) is 2.90. The van der Waals surface area contributed by atoms with E-state index in [0.29, 0.717) is 12.4 Å². The molecule has 3 N–H and O–H groups in total. The first-order valence-electron chi connectivity index (χ1n) is 6.36. The molecule has 2 aromatic rings. The summed E-state index contributed by atoms with van der Waals surface area (Å²) in [6.07, 6.45) is 0.726. The number of nitrogens with two attached hydrogens (primary N) is 1. The second-order valence-electron chi connectivity index (χ2n) is 4.42. The van der Waals surface area contributed by atoms with E-state index in [1.54, 1.807) is 7.11 Å². The lowest BCUT2D eigenvalue weighted by Crippen LogP contribution is -2.03. The van der Waals surface area contributed by atoms with Gasteiger partial charge in [-0.1, -0.05) is 18.2 Å². The Morgan fingerprint density at radius 3 is 2.86 bits per heavy atom. The van der Waals surface area contributed by atoms with E-state index >= 15 is 0 Å². The molecular weight excluding hydrogens is 272 g/mol. The number of nitrogens with one attached hydrogen (secondary N) is 1. The maximum atomic E-state index is 10.8. The predicted molar refractivity (Wildman–Crippen MR) is 80.6 cm³/mol. The molecule has 0 spiro atoms. The van der Waals surface area contributed by atoms with E-state index < -0.39 is 4.92 Å². The Bertz CT molecular complexity index is 646. The summed E-state index contributed by atoms with van der Waals surface area (Å²) < 4.78 is 5.07. The molecule has 0 atom stereocenters. The quantitative estimate of drug-likeness (QED) is 0.625. The maximum Gasteiger partial charge on any atom is 0.276 e. The highest BCUT2D eigenvalue weighted by Gasteiger charge is 2.11. The zero-order valence-corrected chi connectivity index (χ0v) is 11.6. The number of hydrogen-bond acceptors (Lipinski definition) is 6. The van der Waals surface area contributed by atoms with Crippen LogP contribution in [0.5, 0.6) is 0 Å². The van der Waals surface area contributed by atoms with Crippen molar-refractivity contribution in [2.75, 3.05) is 24.8 Å². The molecule has 0 fully saturated rings. The number of para-hydroxylation sites is 1. The van der Waals surface area contributed by atoms with Crippen LogP contribution in [0.4, 0.5) is 23.0 Å². The van der Waals surface area contributed by atoms with Crippen LogP contribution in [0.15, 0.2) is 36.4 Å². The van der Waals surface area contributed by atoms with Crippen molar-refractivity contribution in [3.63, 3.8) is 0 Å². The van der Waals surface area contributed by atoms with E-state index in [1.807, 2.05) is 24.3 Å². The number of hydrogen-bond donors (Lipinski definition) is 2. The van der Waals surface area contributed by atoms with Crippen molar-refractivity contribution < 1.29 is 9.66 Å². The molecule has 0 aliphatic rings. The molecule has 0 amide bonds. The molecule has 1 aromatic carbocycles. The molecule has 0 aliphatic carbocycles. The van der Waals surface area contributed by atoms with Crippen LogP contribution < -0.4 is 11.1 Å². The van der Waals surface area contributed by atoms with Crippen molar-refractivity contribution in [1.29, 1.82) is 0 Å². The molecule has 110 valence electrons. The third-order valence-corrected chi connectivity index (χ3v) is 2.90. The van der Waals surface area contributed by atoms with Gasteiger partial charge in [0.05, 0.1) is 23.7 Å². The summed E-state index contributed by atoms with van der Waals surface area (Å²) in [4.78, 5) is 14.4. The van der Waals surface area contributed by atoms with Gasteiger partial charge in [0.25, 0.3) is 5.69 Å². The number of aromatic nitrogens is 1. The molecule has 0 unspecified atom stereocenters. The van der Waals surface area contributed by atoms with E-state index in [4.69, 9.17) is 10.5 Å². The zero-order chi connectivity index (χ0) is 15.2. The first kappa shape index (κ1) is 14.7. The summed E-state index contributed by atoms with van der Waals surface area (Å²) in [5, 5.41) is 13.9. The van der Waals surface area contributed by atoms with E-state index in [-0.39, 0.29) is 11.5 Å². The van der Waals surface area contributed by atoms with E-state index in [2.05, 4.69) is 10.3 Å². The number of anilines is 3. The summed E-state index contributed by atoms with van der Waals surface area (Å²) in [7, 11) is 1.64. The number of nitro groups is 1. The Hall–Kier alpha value is -2.67. The average Bonchev–Trinajstić information content (AvgIpc) is 2.45. The van der Waals surface area contributed by atoms with Crippen LogP contribution in [0, 0.1) is 10.1 Å². The summed E-state index contributed by atoms with van der Waals surface area (Å²) >= 11 is 0. The van der Waals surface area contributed by atoms with Gasteiger partial charge in [0, 0.05) is 12.8 Å². The van der Waals surface area contributed by atoms with Gasteiger partial charge in [-0.25, -0.2) is 4.98 Å². The number of nitrogens with zero attached hydrogens (tertiary/aromatic N) is 2. The van der Waals surface area contributed by atoms with Crippen molar-refractivity contribution >= 4 is 23.0 Å². The number of rotatable bonds is 6. The van der Waals surface area contributed by atoms with Gasteiger partial charge < -0.3 is 15.8 Å².